The summed E-state index contributed by atoms with van der Waals surface area (Å²) in [5.41, 5.74) is 8.40. The number of ether oxygens (including phenoxy) is 1. The maximum atomic E-state index is 13.6. The molecule has 1 amide bonds. The number of hydrogen-bond donors (Lipinski definition) is 2. The molecule has 1 aromatic heterocycles. The second-order valence-electron chi connectivity index (χ2n) is 9.81. The van der Waals surface area contributed by atoms with Gasteiger partial charge in [-0.25, -0.2) is 9.97 Å². The van der Waals surface area contributed by atoms with Crippen molar-refractivity contribution in [3.8, 4) is 11.5 Å². The van der Waals surface area contributed by atoms with E-state index in [1.807, 2.05) is 42.5 Å². The number of carbonyl (C=O) groups excluding carboxylic acids is 2. The number of anilines is 1. The van der Waals surface area contributed by atoms with E-state index in [1.165, 1.54) is 4.90 Å². The van der Waals surface area contributed by atoms with Crippen molar-refractivity contribution in [2.45, 2.75) is 53.0 Å². The van der Waals surface area contributed by atoms with Gasteiger partial charge >= 0.3 is 0 Å². The van der Waals surface area contributed by atoms with Gasteiger partial charge in [-0.05, 0) is 60.9 Å². The Morgan fingerprint density at radius 1 is 1.18 bits per heavy atom. The number of carbonyl (C=O) groups is 2. The molecule has 0 saturated heterocycles. The molecule has 0 radical (unpaired) electrons. The Morgan fingerprint density at radius 2 is 1.89 bits per heavy atom. The van der Waals surface area contributed by atoms with Crippen LogP contribution < -0.4 is 10.5 Å². The van der Waals surface area contributed by atoms with Crippen molar-refractivity contribution in [1.29, 1.82) is 0 Å². The summed E-state index contributed by atoms with van der Waals surface area (Å²) in [5.74, 6) is 1.87. The van der Waals surface area contributed by atoms with Crippen LogP contribution in [0.15, 0.2) is 65.3 Å². The van der Waals surface area contributed by atoms with Gasteiger partial charge in [0.05, 0.1) is 12.1 Å². The molecule has 0 bridgehead atoms. The zero-order valence-corrected chi connectivity index (χ0v) is 23.2. The van der Waals surface area contributed by atoms with Crippen LogP contribution in [0.3, 0.4) is 0 Å². The molecule has 0 atom stereocenters. The van der Waals surface area contributed by atoms with Crippen LogP contribution in [0.5, 0.6) is 11.5 Å². The second kappa shape index (κ2) is 12.7. The summed E-state index contributed by atoms with van der Waals surface area (Å²) in [6.07, 6.45) is 2.44. The molecule has 0 fully saturated rings. The van der Waals surface area contributed by atoms with Crippen molar-refractivity contribution in [3.05, 3.63) is 87.8 Å². The first-order chi connectivity index (χ1) is 18.0. The fourth-order valence-corrected chi connectivity index (χ4v) is 4.61. The number of para-hydroxylation sites is 1. The molecule has 3 aromatic rings. The molecule has 0 aliphatic heterocycles. The van der Waals surface area contributed by atoms with Crippen molar-refractivity contribution in [3.63, 3.8) is 0 Å². The van der Waals surface area contributed by atoms with Gasteiger partial charge < -0.3 is 20.5 Å². The molecule has 1 heterocycles. The van der Waals surface area contributed by atoms with Crippen molar-refractivity contribution < 1.29 is 19.4 Å². The van der Waals surface area contributed by atoms with Crippen molar-refractivity contribution in [1.82, 2.24) is 14.9 Å². The standard InChI is InChI=1S/C29H34N4O4S/c1-19(33(18-35)17-21-16-31-20(2)32-27(21)30)26(13-14-34)38-28(36)24-12-11-22(29(3,4)5)15-25(24)37-23-9-7-6-8-10-23/h6-12,15-16,18,34H,13-14,17H2,1-5H3,(H2,30,31,32)/b26-19-. The molecule has 0 aliphatic rings. The minimum atomic E-state index is -0.261. The molecule has 0 saturated carbocycles. The third kappa shape index (κ3) is 7.43. The van der Waals surface area contributed by atoms with Crippen LogP contribution >= 0.6 is 11.8 Å². The highest BCUT2D eigenvalue weighted by atomic mass is 32.2. The van der Waals surface area contributed by atoms with Gasteiger partial charge in [0.25, 0.3) is 0 Å². The summed E-state index contributed by atoms with van der Waals surface area (Å²) in [6, 6.07) is 14.9. The van der Waals surface area contributed by atoms with E-state index in [0.29, 0.717) is 45.5 Å². The third-order valence-electron chi connectivity index (χ3n) is 5.91. The number of aryl methyl sites for hydroxylation is 1. The van der Waals surface area contributed by atoms with Gasteiger partial charge in [0.15, 0.2) is 0 Å². The molecule has 3 rings (SSSR count). The number of benzene rings is 2. The molecule has 0 unspecified atom stereocenters. The average Bonchev–Trinajstić information content (AvgIpc) is 2.87. The first kappa shape index (κ1) is 28.9. The number of nitrogens with zero attached hydrogens (tertiary/aromatic N) is 3. The fraction of sp³-hybridized carbons (Fsp3) is 0.310. The number of amides is 1. The molecule has 38 heavy (non-hydrogen) atoms. The lowest BCUT2D eigenvalue weighted by Crippen LogP contribution is -2.22. The minimum Gasteiger partial charge on any atom is -0.457 e. The van der Waals surface area contributed by atoms with Gasteiger partial charge in [0, 0.05) is 35.4 Å². The largest absolute Gasteiger partial charge is 0.457 e. The van der Waals surface area contributed by atoms with E-state index in [2.05, 4.69) is 30.7 Å². The van der Waals surface area contributed by atoms with Gasteiger partial charge in [-0.1, -0.05) is 45.0 Å². The monoisotopic (exact) mass is 534 g/mol. The number of rotatable bonds is 10. The van der Waals surface area contributed by atoms with Gasteiger partial charge in [-0.15, -0.1) is 0 Å². The second-order valence-corrected chi connectivity index (χ2v) is 10.9. The Hall–Kier alpha value is -3.69. The Balaban J connectivity index is 1.95. The maximum absolute atomic E-state index is 13.6. The van der Waals surface area contributed by atoms with E-state index >= 15 is 0 Å². The predicted molar refractivity (Wildman–Crippen MR) is 151 cm³/mol. The van der Waals surface area contributed by atoms with E-state index in [-0.39, 0.29) is 35.9 Å². The summed E-state index contributed by atoms with van der Waals surface area (Å²) >= 11 is 0.967. The molecular formula is C29H34N4O4S. The number of nitrogens with two attached hydrogens (primary N) is 1. The number of aliphatic hydroxyl groups excluding tert-OH is 1. The summed E-state index contributed by atoms with van der Waals surface area (Å²) < 4.78 is 6.14. The summed E-state index contributed by atoms with van der Waals surface area (Å²) in [4.78, 5) is 35.9. The van der Waals surface area contributed by atoms with Gasteiger partial charge in [0.1, 0.15) is 23.1 Å². The maximum Gasteiger partial charge on any atom is 0.227 e. The highest BCUT2D eigenvalue weighted by Crippen LogP contribution is 2.36. The highest BCUT2D eigenvalue weighted by molar-refractivity contribution is 8.17. The highest BCUT2D eigenvalue weighted by Gasteiger charge is 2.23. The van der Waals surface area contributed by atoms with Crippen molar-refractivity contribution >= 4 is 29.1 Å². The van der Waals surface area contributed by atoms with Crippen LogP contribution in [0.2, 0.25) is 0 Å². The molecule has 200 valence electrons. The molecular weight excluding hydrogens is 500 g/mol. The lowest BCUT2D eigenvalue weighted by atomic mass is 9.86. The Labute approximate surface area is 227 Å². The van der Waals surface area contributed by atoms with Crippen LogP contribution in [-0.4, -0.2) is 38.1 Å². The summed E-state index contributed by atoms with van der Waals surface area (Å²) in [6.45, 7) is 9.69. The van der Waals surface area contributed by atoms with Crippen LogP contribution in [0.1, 0.15) is 61.4 Å². The normalized spacial score (nSPS) is 12.1. The third-order valence-corrected chi connectivity index (χ3v) is 7.07. The van der Waals surface area contributed by atoms with Gasteiger partial charge in [-0.2, -0.15) is 0 Å². The predicted octanol–water partition coefficient (Wildman–Crippen LogP) is 5.60. The van der Waals surface area contributed by atoms with Gasteiger partial charge in [0.2, 0.25) is 11.5 Å². The number of hydrogen-bond acceptors (Lipinski definition) is 8. The SMILES string of the molecule is C/C(=C(\CCO)SC(=O)c1ccc(C(C)(C)C)cc1Oc1ccccc1)N(C=O)Cc1cnc(C)nc1N. The van der Waals surface area contributed by atoms with E-state index in [0.717, 1.165) is 17.3 Å². The lowest BCUT2D eigenvalue weighted by molar-refractivity contribution is -0.116. The topological polar surface area (TPSA) is 119 Å². The molecule has 8 nitrogen and oxygen atoms in total. The number of aromatic nitrogens is 2. The van der Waals surface area contributed by atoms with Gasteiger partial charge in [-0.3, -0.25) is 9.59 Å². The number of nitrogen functional groups attached to an aromatic ring is 1. The Bertz CT molecular complexity index is 1320. The van der Waals surface area contributed by atoms with E-state index in [1.54, 1.807) is 26.1 Å². The first-order valence-corrected chi connectivity index (χ1v) is 13.0. The molecule has 0 aliphatic carbocycles. The van der Waals surface area contributed by atoms with Crippen molar-refractivity contribution in [2.75, 3.05) is 12.3 Å². The number of aliphatic hydroxyl groups is 1. The van der Waals surface area contributed by atoms with E-state index in [9.17, 15) is 14.7 Å². The van der Waals surface area contributed by atoms with Crippen LogP contribution in [0.25, 0.3) is 0 Å². The smallest absolute Gasteiger partial charge is 0.227 e. The zero-order chi connectivity index (χ0) is 27.9. The van der Waals surface area contributed by atoms with E-state index < -0.39 is 0 Å². The summed E-state index contributed by atoms with van der Waals surface area (Å²) in [5, 5.41) is 9.47. The van der Waals surface area contributed by atoms with E-state index in [4.69, 9.17) is 10.5 Å². The van der Waals surface area contributed by atoms with Crippen LogP contribution in [0, 0.1) is 6.92 Å². The molecule has 9 heteroatoms. The minimum absolute atomic E-state index is 0.133. The summed E-state index contributed by atoms with van der Waals surface area (Å²) in [7, 11) is 0. The number of thioether (sulfide) groups is 1. The van der Waals surface area contributed by atoms with Crippen molar-refractivity contribution in [2.24, 2.45) is 0 Å². The zero-order valence-electron chi connectivity index (χ0n) is 22.4. The fourth-order valence-electron chi connectivity index (χ4n) is 3.64. The molecule has 0 spiro atoms. The Morgan fingerprint density at radius 3 is 2.50 bits per heavy atom. The van der Waals surface area contributed by atoms with Crippen LogP contribution in [-0.2, 0) is 16.8 Å². The molecule has 3 N–H and O–H groups in total. The average molecular weight is 535 g/mol. The molecule has 2 aromatic carbocycles. The number of allylic oxidation sites excluding steroid dienone is 1. The van der Waals surface area contributed by atoms with Crippen LogP contribution in [0.4, 0.5) is 5.82 Å². The quantitative estimate of drug-likeness (QED) is 0.323. The lowest BCUT2D eigenvalue weighted by Gasteiger charge is -2.23. The Kier molecular flexibility index (Phi) is 9.66. The first-order valence-electron chi connectivity index (χ1n) is 12.2.